The summed E-state index contributed by atoms with van der Waals surface area (Å²) in [5.41, 5.74) is 1.34. The highest BCUT2D eigenvalue weighted by molar-refractivity contribution is 6.06. The molecule has 5 nitrogen and oxygen atoms in total. The van der Waals surface area contributed by atoms with E-state index in [0.717, 1.165) is 0 Å². The molecule has 1 saturated heterocycles. The van der Waals surface area contributed by atoms with Crippen LogP contribution >= 0.6 is 0 Å². The molecule has 0 N–H and O–H groups in total. The molecule has 2 aromatic carbocycles. The maximum Gasteiger partial charge on any atom is 0.303 e. The van der Waals surface area contributed by atoms with Crippen molar-refractivity contribution in [3.63, 3.8) is 0 Å². The van der Waals surface area contributed by atoms with Gasteiger partial charge in [-0.05, 0) is 42.0 Å². The molecule has 1 heterocycles. The SMILES string of the molecule is COc1ccc(N2C(=O)[C@@H](OC(C)=O)[C@@H]2c2ccc(F)cc2)cc1. The number of carbonyl (C=O) groups excluding carboxylic acids is 2. The molecule has 0 aromatic heterocycles. The Morgan fingerprint density at radius 1 is 1.08 bits per heavy atom. The summed E-state index contributed by atoms with van der Waals surface area (Å²) in [5.74, 6) is -0.550. The lowest BCUT2D eigenvalue weighted by Gasteiger charge is -2.46. The molecule has 1 amide bonds. The van der Waals surface area contributed by atoms with Crippen molar-refractivity contribution in [3.8, 4) is 5.75 Å². The van der Waals surface area contributed by atoms with Crippen molar-refractivity contribution in [1.82, 2.24) is 0 Å². The Labute approximate surface area is 138 Å². The van der Waals surface area contributed by atoms with Gasteiger partial charge in [-0.2, -0.15) is 0 Å². The van der Waals surface area contributed by atoms with Crippen LogP contribution in [0.25, 0.3) is 0 Å². The first-order valence-corrected chi connectivity index (χ1v) is 7.41. The van der Waals surface area contributed by atoms with Crippen LogP contribution in [0.2, 0.25) is 0 Å². The number of anilines is 1. The molecular weight excluding hydrogens is 313 g/mol. The van der Waals surface area contributed by atoms with E-state index < -0.39 is 18.1 Å². The number of methoxy groups -OCH3 is 1. The van der Waals surface area contributed by atoms with Crippen LogP contribution in [0.4, 0.5) is 10.1 Å². The molecule has 0 unspecified atom stereocenters. The summed E-state index contributed by atoms with van der Waals surface area (Å²) in [4.78, 5) is 25.3. The van der Waals surface area contributed by atoms with Gasteiger partial charge in [-0.1, -0.05) is 12.1 Å². The normalized spacial score (nSPS) is 19.6. The van der Waals surface area contributed by atoms with E-state index in [1.54, 1.807) is 43.5 Å². The molecule has 0 bridgehead atoms. The number of β-lactam (4-membered cyclic amide) rings is 1. The second-order valence-corrected chi connectivity index (χ2v) is 5.43. The lowest BCUT2D eigenvalue weighted by atomic mass is 9.89. The van der Waals surface area contributed by atoms with Crippen molar-refractivity contribution in [1.29, 1.82) is 0 Å². The molecule has 1 aliphatic rings. The summed E-state index contributed by atoms with van der Waals surface area (Å²) in [6.45, 7) is 1.26. The molecular formula is C18H16FNO4. The molecule has 2 aromatic rings. The number of hydrogen-bond acceptors (Lipinski definition) is 4. The first-order chi connectivity index (χ1) is 11.5. The van der Waals surface area contributed by atoms with Crippen LogP contribution in [0.3, 0.4) is 0 Å². The molecule has 0 saturated carbocycles. The van der Waals surface area contributed by atoms with E-state index in [9.17, 15) is 14.0 Å². The molecule has 0 spiro atoms. The molecule has 0 radical (unpaired) electrons. The zero-order chi connectivity index (χ0) is 17.3. The largest absolute Gasteiger partial charge is 0.497 e. The predicted octanol–water partition coefficient (Wildman–Crippen LogP) is 2.85. The van der Waals surface area contributed by atoms with Gasteiger partial charge in [-0.15, -0.1) is 0 Å². The number of carbonyl (C=O) groups is 2. The lowest BCUT2D eigenvalue weighted by molar-refractivity contribution is -0.160. The summed E-state index contributed by atoms with van der Waals surface area (Å²) < 4.78 is 23.4. The highest BCUT2D eigenvalue weighted by Gasteiger charge is 2.51. The maximum absolute atomic E-state index is 13.2. The monoisotopic (exact) mass is 329 g/mol. The first-order valence-electron chi connectivity index (χ1n) is 7.41. The van der Waals surface area contributed by atoms with Gasteiger partial charge in [-0.3, -0.25) is 14.5 Å². The van der Waals surface area contributed by atoms with Crippen LogP contribution in [0.5, 0.6) is 5.75 Å². The van der Waals surface area contributed by atoms with Crippen LogP contribution in [0, 0.1) is 5.82 Å². The van der Waals surface area contributed by atoms with E-state index in [2.05, 4.69) is 0 Å². The Hall–Kier alpha value is -2.89. The minimum Gasteiger partial charge on any atom is -0.497 e. The highest BCUT2D eigenvalue weighted by atomic mass is 19.1. The van der Waals surface area contributed by atoms with E-state index >= 15 is 0 Å². The zero-order valence-corrected chi connectivity index (χ0v) is 13.2. The minimum atomic E-state index is -0.907. The number of esters is 1. The molecule has 1 aliphatic heterocycles. The molecule has 6 heteroatoms. The summed E-state index contributed by atoms with van der Waals surface area (Å²) in [6, 6.07) is 12.3. The average Bonchev–Trinajstić information content (AvgIpc) is 2.58. The van der Waals surface area contributed by atoms with Gasteiger partial charge in [0.05, 0.1) is 7.11 Å². The number of rotatable bonds is 4. The fraction of sp³-hybridized carbons (Fsp3) is 0.222. The van der Waals surface area contributed by atoms with E-state index in [1.165, 1.54) is 24.0 Å². The van der Waals surface area contributed by atoms with Gasteiger partial charge in [0, 0.05) is 12.6 Å². The number of amides is 1. The first kappa shape index (κ1) is 16.0. The molecule has 124 valence electrons. The number of halogens is 1. The Balaban J connectivity index is 1.95. The Bertz CT molecular complexity index is 758. The van der Waals surface area contributed by atoms with E-state index in [4.69, 9.17) is 9.47 Å². The summed E-state index contributed by atoms with van der Waals surface area (Å²) in [7, 11) is 1.56. The zero-order valence-electron chi connectivity index (χ0n) is 13.2. The van der Waals surface area contributed by atoms with Crippen molar-refractivity contribution in [2.24, 2.45) is 0 Å². The van der Waals surface area contributed by atoms with Crippen LogP contribution in [-0.2, 0) is 14.3 Å². The topological polar surface area (TPSA) is 55.8 Å². The number of nitrogens with zero attached hydrogens (tertiary/aromatic N) is 1. The highest BCUT2D eigenvalue weighted by Crippen LogP contribution is 2.41. The van der Waals surface area contributed by atoms with Crippen LogP contribution in [0.15, 0.2) is 48.5 Å². The molecule has 3 rings (SSSR count). The third kappa shape index (κ3) is 2.82. The second-order valence-electron chi connectivity index (χ2n) is 5.43. The van der Waals surface area contributed by atoms with Crippen molar-refractivity contribution < 1.29 is 23.5 Å². The quantitative estimate of drug-likeness (QED) is 0.639. The standard InChI is InChI=1S/C18H16FNO4/c1-11(21)24-17-16(12-3-5-13(19)6-4-12)20(18(17)22)14-7-9-15(23-2)10-8-14/h3-10,16-17H,1-2H3/t16-,17-/m0/s1. The van der Waals surface area contributed by atoms with Crippen LogP contribution in [-0.4, -0.2) is 25.1 Å². The fourth-order valence-electron chi connectivity index (χ4n) is 2.77. The van der Waals surface area contributed by atoms with Gasteiger partial charge >= 0.3 is 5.97 Å². The van der Waals surface area contributed by atoms with Gasteiger partial charge in [-0.25, -0.2) is 4.39 Å². The number of hydrogen-bond donors (Lipinski definition) is 0. The van der Waals surface area contributed by atoms with Crippen LogP contribution < -0.4 is 9.64 Å². The molecule has 24 heavy (non-hydrogen) atoms. The number of benzene rings is 2. The Morgan fingerprint density at radius 2 is 1.71 bits per heavy atom. The van der Waals surface area contributed by atoms with Gasteiger partial charge in [0.1, 0.15) is 17.6 Å². The van der Waals surface area contributed by atoms with Crippen molar-refractivity contribution in [2.45, 2.75) is 19.1 Å². The third-order valence-electron chi connectivity index (χ3n) is 3.90. The van der Waals surface area contributed by atoms with Crippen molar-refractivity contribution >= 4 is 17.6 Å². The van der Waals surface area contributed by atoms with E-state index in [0.29, 0.717) is 17.0 Å². The van der Waals surface area contributed by atoms with Gasteiger partial charge in [0.25, 0.3) is 5.91 Å². The summed E-state index contributed by atoms with van der Waals surface area (Å²) >= 11 is 0. The van der Waals surface area contributed by atoms with Crippen LogP contribution in [0.1, 0.15) is 18.5 Å². The fourth-order valence-corrected chi connectivity index (χ4v) is 2.77. The van der Waals surface area contributed by atoms with Gasteiger partial charge < -0.3 is 9.47 Å². The Kier molecular flexibility index (Phi) is 4.20. The summed E-state index contributed by atoms with van der Waals surface area (Å²) in [6.07, 6.45) is -0.907. The smallest absolute Gasteiger partial charge is 0.303 e. The van der Waals surface area contributed by atoms with Gasteiger partial charge in [0.2, 0.25) is 6.10 Å². The van der Waals surface area contributed by atoms with E-state index in [-0.39, 0.29) is 11.7 Å². The van der Waals surface area contributed by atoms with Crippen molar-refractivity contribution in [2.75, 3.05) is 12.0 Å². The molecule has 0 aliphatic carbocycles. The van der Waals surface area contributed by atoms with Gasteiger partial charge in [0.15, 0.2) is 0 Å². The maximum atomic E-state index is 13.2. The molecule has 2 atom stereocenters. The lowest BCUT2D eigenvalue weighted by Crippen LogP contribution is -2.60. The van der Waals surface area contributed by atoms with Crippen molar-refractivity contribution in [3.05, 3.63) is 59.9 Å². The second kappa shape index (κ2) is 6.31. The number of ether oxygens (including phenoxy) is 2. The average molecular weight is 329 g/mol. The predicted molar refractivity (Wildman–Crippen MR) is 85.2 cm³/mol. The van der Waals surface area contributed by atoms with E-state index in [1.807, 2.05) is 0 Å². The Morgan fingerprint density at radius 3 is 2.25 bits per heavy atom. The minimum absolute atomic E-state index is 0.315. The third-order valence-corrected chi connectivity index (χ3v) is 3.90. The summed E-state index contributed by atoms with van der Waals surface area (Å²) in [5, 5.41) is 0. The molecule has 1 fully saturated rings.